The van der Waals surface area contributed by atoms with Crippen molar-refractivity contribution in [3.8, 4) is 17.1 Å². The molecule has 2 aromatic heterocycles. The van der Waals surface area contributed by atoms with E-state index in [4.69, 9.17) is 17.3 Å². The average Bonchev–Trinajstić information content (AvgIpc) is 2.81. The Morgan fingerprint density at radius 2 is 2.00 bits per heavy atom. The smallest absolute Gasteiger partial charge is 0.153 e. The molecule has 0 bridgehead atoms. The predicted octanol–water partition coefficient (Wildman–Crippen LogP) is 3.48. The van der Waals surface area contributed by atoms with Crippen LogP contribution < -0.4 is 5.73 Å². The summed E-state index contributed by atoms with van der Waals surface area (Å²) in [5, 5.41) is 5.12. The highest BCUT2D eigenvalue weighted by molar-refractivity contribution is 6.33. The van der Waals surface area contributed by atoms with E-state index in [9.17, 15) is 0 Å². The summed E-state index contributed by atoms with van der Waals surface area (Å²) in [5.74, 6) is 0.731. The first-order chi connectivity index (χ1) is 9.65. The first kappa shape index (κ1) is 12.7. The third kappa shape index (κ3) is 2.26. The van der Waals surface area contributed by atoms with E-state index in [1.807, 2.05) is 43.3 Å². The number of anilines is 1. The van der Waals surface area contributed by atoms with Gasteiger partial charge in [0.15, 0.2) is 5.82 Å². The van der Waals surface area contributed by atoms with Gasteiger partial charge in [0.05, 0.1) is 16.9 Å². The van der Waals surface area contributed by atoms with E-state index < -0.39 is 0 Å². The zero-order valence-corrected chi connectivity index (χ0v) is 11.7. The minimum Gasteiger partial charge on any atom is -0.396 e. The van der Waals surface area contributed by atoms with Crippen LogP contribution in [0.5, 0.6) is 0 Å². The molecule has 100 valence electrons. The highest BCUT2D eigenvalue weighted by atomic mass is 35.5. The number of nitrogen functional groups attached to an aromatic ring is 1. The first-order valence-corrected chi connectivity index (χ1v) is 6.56. The van der Waals surface area contributed by atoms with Crippen LogP contribution in [0.25, 0.3) is 17.1 Å². The summed E-state index contributed by atoms with van der Waals surface area (Å²) < 4.78 is 1.67. The van der Waals surface area contributed by atoms with Crippen molar-refractivity contribution in [3.63, 3.8) is 0 Å². The molecule has 0 spiro atoms. The summed E-state index contributed by atoms with van der Waals surface area (Å²) in [6, 6.07) is 11.4. The van der Waals surface area contributed by atoms with Crippen molar-refractivity contribution in [1.82, 2.24) is 14.8 Å². The number of pyridine rings is 1. The second-order valence-electron chi connectivity index (χ2n) is 4.55. The number of hydrogen-bond donors (Lipinski definition) is 1. The Kier molecular flexibility index (Phi) is 3.16. The maximum atomic E-state index is 6.19. The number of rotatable bonds is 2. The van der Waals surface area contributed by atoms with E-state index in [1.54, 1.807) is 17.1 Å². The number of aryl methyl sites for hydroxylation is 1. The minimum absolute atomic E-state index is 0.571. The molecule has 0 aliphatic rings. The van der Waals surface area contributed by atoms with Crippen molar-refractivity contribution < 1.29 is 0 Å². The van der Waals surface area contributed by atoms with Crippen LogP contribution in [0.2, 0.25) is 5.02 Å². The van der Waals surface area contributed by atoms with Crippen molar-refractivity contribution in [2.45, 2.75) is 6.92 Å². The molecule has 0 aliphatic heterocycles. The monoisotopic (exact) mass is 284 g/mol. The van der Waals surface area contributed by atoms with Gasteiger partial charge in [0.1, 0.15) is 5.69 Å². The Hall–Kier alpha value is -2.33. The van der Waals surface area contributed by atoms with Gasteiger partial charge in [-0.05, 0) is 30.7 Å². The van der Waals surface area contributed by atoms with E-state index in [1.165, 1.54) is 0 Å². The molecule has 2 heterocycles. The van der Waals surface area contributed by atoms with Crippen LogP contribution >= 0.6 is 11.6 Å². The average molecular weight is 285 g/mol. The molecule has 0 fully saturated rings. The summed E-state index contributed by atoms with van der Waals surface area (Å²) in [4.78, 5) is 4.29. The van der Waals surface area contributed by atoms with Crippen LogP contribution in [0.3, 0.4) is 0 Å². The number of nitrogens with two attached hydrogens (primary N) is 1. The van der Waals surface area contributed by atoms with E-state index in [2.05, 4.69) is 10.1 Å². The zero-order valence-electron chi connectivity index (χ0n) is 10.9. The van der Waals surface area contributed by atoms with Gasteiger partial charge in [-0.1, -0.05) is 29.8 Å². The lowest BCUT2D eigenvalue weighted by Crippen LogP contribution is -1.98. The Balaban J connectivity index is 2.10. The molecule has 4 nitrogen and oxygen atoms in total. The molecule has 0 saturated heterocycles. The first-order valence-electron chi connectivity index (χ1n) is 6.18. The quantitative estimate of drug-likeness (QED) is 0.784. The maximum absolute atomic E-state index is 6.19. The molecule has 0 atom stereocenters. The lowest BCUT2D eigenvalue weighted by Gasteiger charge is -2.02. The lowest BCUT2D eigenvalue weighted by molar-refractivity contribution is 0.848. The maximum Gasteiger partial charge on any atom is 0.153 e. The minimum atomic E-state index is 0.571. The van der Waals surface area contributed by atoms with Gasteiger partial charge in [0.25, 0.3) is 0 Å². The van der Waals surface area contributed by atoms with Gasteiger partial charge in [-0.25, -0.2) is 9.67 Å². The van der Waals surface area contributed by atoms with Gasteiger partial charge < -0.3 is 5.73 Å². The second kappa shape index (κ2) is 4.98. The van der Waals surface area contributed by atoms with Crippen LogP contribution in [0.4, 0.5) is 5.69 Å². The molecule has 0 amide bonds. The normalized spacial score (nSPS) is 10.7. The number of halogens is 1. The third-order valence-corrected chi connectivity index (χ3v) is 3.34. The van der Waals surface area contributed by atoms with Crippen molar-refractivity contribution in [2.75, 3.05) is 5.73 Å². The van der Waals surface area contributed by atoms with Crippen LogP contribution in [-0.4, -0.2) is 14.8 Å². The Bertz CT molecular complexity index is 764. The van der Waals surface area contributed by atoms with Crippen molar-refractivity contribution in [3.05, 3.63) is 59.4 Å². The van der Waals surface area contributed by atoms with Crippen molar-refractivity contribution >= 4 is 17.3 Å². The number of benzene rings is 1. The molecular formula is C15H13ClN4. The van der Waals surface area contributed by atoms with E-state index in [0.29, 0.717) is 16.4 Å². The van der Waals surface area contributed by atoms with E-state index in [0.717, 1.165) is 16.9 Å². The SMILES string of the molecule is Cc1ccnc(-n2cc(N)c(-c3ccccc3Cl)n2)c1. The Morgan fingerprint density at radius 3 is 2.75 bits per heavy atom. The predicted molar refractivity (Wildman–Crippen MR) is 81.0 cm³/mol. The molecule has 1 aromatic carbocycles. The van der Waals surface area contributed by atoms with E-state index in [-0.39, 0.29) is 0 Å². The van der Waals surface area contributed by atoms with Crippen LogP contribution in [0.15, 0.2) is 48.8 Å². The van der Waals surface area contributed by atoms with Crippen molar-refractivity contribution in [2.24, 2.45) is 0 Å². The second-order valence-corrected chi connectivity index (χ2v) is 4.96. The molecule has 20 heavy (non-hydrogen) atoms. The number of hydrogen-bond acceptors (Lipinski definition) is 3. The summed E-state index contributed by atoms with van der Waals surface area (Å²) >= 11 is 6.19. The highest BCUT2D eigenvalue weighted by Crippen LogP contribution is 2.30. The van der Waals surface area contributed by atoms with Gasteiger partial charge >= 0.3 is 0 Å². The fourth-order valence-electron chi connectivity index (χ4n) is 2.01. The highest BCUT2D eigenvalue weighted by Gasteiger charge is 2.12. The standard InChI is InChI=1S/C15H13ClN4/c1-10-6-7-18-14(8-10)20-9-13(17)15(19-20)11-4-2-3-5-12(11)16/h2-9H,17H2,1H3. The molecule has 3 aromatic rings. The van der Waals surface area contributed by atoms with Gasteiger partial charge in [0.2, 0.25) is 0 Å². The zero-order chi connectivity index (χ0) is 14.1. The molecule has 2 N–H and O–H groups in total. The topological polar surface area (TPSA) is 56.7 Å². The molecule has 0 aliphatic carbocycles. The Morgan fingerprint density at radius 1 is 1.20 bits per heavy atom. The molecule has 3 rings (SSSR count). The van der Waals surface area contributed by atoms with Gasteiger partial charge in [-0.15, -0.1) is 0 Å². The van der Waals surface area contributed by atoms with E-state index >= 15 is 0 Å². The van der Waals surface area contributed by atoms with Gasteiger partial charge in [-0.3, -0.25) is 0 Å². The number of aromatic nitrogens is 3. The van der Waals surface area contributed by atoms with Crippen LogP contribution in [0.1, 0.15) is 5.56 Å². The summed E-state index contributed by atoms with van der Waals surface area (Å²) in [7, 11) is 0. The number of nitrogens with zero attached hydrogens (tertiary/aromatic N) is 3. The lowest BCUT2D eigenvalue weighted by atomic mass is 10.1. The summed E-state index contributed by atoms with van der Waals surface area (Å²) in [6.45, 7) is 2.01. The summed E-state index contributed by atoms with van der Waals surface area (Å²) in [5.41, 5.74) is 9.22. The third-order valence-electron chi connectivity index (χ3n) is 3.01. The summed E-state index contributed by atoms with van der Waals surface area (Å²) in [6.07, 6.45) is 3.50. The molecule has 0 radical (unpaired) electrons. The molecule has 0 unspecified atom stereocenters. The Labute approximate surface area is 121 Å². The fraction of sp³-hybridized carbons (Fsp3) is 0.0667. The largest absolute Gasteiger partial charge is 0.396 e. The molecule has 5 heteroatoms. The molecule has 0 saturated carbocycles. The van der Waals surface area contributed by atoms with Crippen molar-refractivity contribution in [1.29, 1.82) is 0 Å². The van der Waals surface area contributed by atoms with Gasteiger partial charge in [-0.2, -0.15) is 5.10 Å². The fourth-order valence-corrected chi connectivity index (χ4v) is 2.24. The van der Waals surface area contributed by atoms with Crippen LogP contribution in [-0.2, 0) is 0 Å². The molecular weight excluding hydrogens is 272 g/mol. The van der Waals surface area contributed by atoms with Crippen LogP contribution in [0, 0.1) is 6.92 Å². The van der Waals surface area contributed by atoms with Gasteiger partial charge in [0, 0.05) is 11.8 Å².